The first-order valence-corrected chi connectivity index (χ1v) is 15.0. The van der Waals surface area contributed by atoms with Crippen LogP contribution in [0.5, 0.6) is 11.5 Å². The van der Waals surface area contributed by atoms with Gasteiger partial charge >= 0.3 is 0 Å². The second-order valence-corrected chi connectivity index (χ2v) is 10.7. The van der Waals surface area contributed by atoms with Gasteiger partial charge in [-0.05, 0) is 42.8 Å². The van der Waals surface area contributed by atoms with E-state index in [1.807, 2.05) is 37.3 Å². The number of para-hydroxylation sites is 2. The summed E-state index contributed by atoms with van der Waals surface area (Å²) in [4.78, 5) is 27.4. The molecule has 5 rings (SSSR count). The first kappa shape index (κ1) is 31.2. The highest BCUT2D eigenvalue weighted by molar-refractivity contribution is 7.74. The first-order valence-electron chi connectivity index (χ1n) is 13.8. The lowest BCUT2D eigenvalue weighted by molar-refractivity contribution is -0.118. The van der Waals surface area contributed by atoms with Crippen LogP contribution in [-0.2, 0) is 27.1 Å². The molecule has 0 fully saturated rings. The summed E-state index contributed by atoms with van der Waals surface area (Å²) < 4.78 is 37.4. The van der Waals surface area contributed by atoms with E-state index in [1.165, 1.54) is 20.3 Å². The van der Waals surface area contributed by atoms with E-state index < -0.39 is 10.9 Å². The molecule has 5 aromatic rings. The normalized spacial score (nSPS) is 10.9. The summed E-state index contributed by atoms with van der Waals surface area (Å²) in [7, 11) is -0.190. The largest absolute Gasteiger partial charge is 0.497 e. The molecule has 0 aliphatic rings. The number of aromatic nitrogens is 2. The molecule has 0 bridgehead atoms. The summed E-state index contributed by atoms with van der Waals surface area (Å²) in [5.41, 5.74) is 6.95. The minimum absolute atomic E-state index is 0.0289. The van der Waals surface area contributed by atoms with Crippen LogP contribution in [0, 0.1) is 6.92 Å². The minimum Gasteiger partial charge on any atom is -0.497 e. The highest BCUT2D eigenvalue weighted by atomic mass is 32.2. The Kier molecular flexibility index (Phi) is 10.0. The molecular weight excluding hydrogens is 596 g/mol. The SMILES string of the molecule is COc1cc(Nc2nc3ccccc3nc2N(c2cccc(NC(=O)CNOCc3ccc(C)cc3)c2)[SH](=O)=O)cc(OC)c1. The maximum Gasteiger partial charge on any atom is 0.240 e. The summed E-state index contributed by atoms with van der Waals surface area (Å²) in [6, 6.07) is 26.6. The van der Waals surface area contributed by atoms with E-state index in [-0.39, 0.29) is 29.8 Å². The van der Waals surface area contributed by atoms with Gasteiger partial charge in [-0.15, -0.1) is 0 Å². The number of hydrogen-bond acceptors (Lipinski definition) is 10. The van der Waals surface area contributed by atoms with Crippen LogP contribution in [0.25, 0.3) is 11.0 Å². The third-order valence-corrected chi connectivity index (χ3v) is 7.35. The molecule has 0 atom stereocenters. The van der Waals surface area contributed by atoms with Crippen LogP contribution in [-0.4, -0.2) is 45.1 Å². The number of carbonyl (C=O) groups is 1. The van der Waals surface area contributed by atoms with E-state index in [9.17, 15) is 13.2 Å². The fourth-order valence-corrected chi connectivity index (χ4v) is 5.00. The monoisotopic (exact) mass is 628 g/mol. The molecule has 4 aromatic carbocycles. The van der Waals surface area contributed by atoms with Crippen molar-refractivity contribution < 1.29 is 27.5 Å². The van der Waals surface area contributed by atoms with Crippen LogP contribution in [0.2, 0.25) is 0 Å². The maximum atomic E-state index is 12.8. The molecule has 3 N–H and O–H groups in total. The van der Waals surface area contributed by atoms with Crippen LogP contribution in [0.3, 0.4) is 0 Å². The van der Waals surface area contributed by atoms with Crippen molar-refractivity contribution in [2.75, 3.05) is 35.7 Å². The molecule has 1 heterocycles. The van der Waals surface area contributed by atoms with Gasteiger partial charge in [0.2, 0.25) is 16.8 Å². The highest BCUT2D eigenvalue weighted by Gasteiger charge is 2.21. The molecule has 0 aliphatic heterocycles. The van der Waals surface area contributed by atoms with Crippen LogP contribution in [0.1, 0.15) is 11.1 Å². The number of amides is 1. The molecular formula is C32H32N6O6S. The van der Waals surface area contributed by atoms with E-state index in [1.54, 1.807) is 54.6 Å². The van der Waals surface area contributed by atoms with Gasteiger partial charge in [-0.2, -0.15) is 5.48 Å². The Balaban J connectivity index is 1.39. The smallest absolute Gasteiger partial charge is 0.240 e. The van der Waals surface area contributed by atoms with E-state index >= 15 is 0 Å². The van der Waals surface area contributed by atoms with Crippen LogP contribution in [0.15, 0.2) is 91.0 Å². The third-order valence-electron chi connectivity index (χ3n) is 6.60. The fraction of sp³-hybridized carbons (Fsp3) is 0.156. The van der Waals surface area contributed by atoms with Gasteiger partial charge in [-0.3, -0.25) is 9.63 Å². The number of aryl methyl sites for hydroxylation is 1. The van der Waals surface area contributed by atoms with Gasteiger partial charge in [0.05, 0.1) is 37.5 Å². The van der Waals surface area contributed by atoms with Crippen molar-refractivity contribution in [3.63, 3.8) is 0 Å². The van der Waals surface area contributed by atoms with Gasteiger partial charge < -0.3 is 20.1 Å². The Labute approximate surface area is 262 Å². The summed E-state index contributed by atoms with van der Waals surface area (Å²) in [6.07, 6.45) is 0. The number of fused-ring (bicyclic) bond motifs is 1. The van der Waals surface area contributed by atoms with E-state index in [4.69, 9.17) is 19.3 Å². The summed E-state index contributed by atoms with van der Waals surface area (Å²) in [6.45, 7) is 2.17. The van der Waals surface area contributed by atoms with Crippen molar-refractivity contribution in [2.24, 2.45) is 0 Å². The Morgan fingerprint density at radius 3 is 2.18 bits per heavy atom. The first-order chi connectivity index (χ1) is 21.8. The molecule has 45 heavy (non-hydrogen) atoms. The minimum atomic E-state index is -3.25. The predicted molar refractivity (Wildman–Crippen MR) is 174 cm³/mol. The van der Waals surface area contributed by atoms with Gasteiger partial charge in [-0.25, -0.2) is 22.7 Å². The summed E-state index contributed by atoms with van der Waals surface area (Å²) in [5.74, 6) is 0.873. The fourth-order valence-electron chi connectivity index (χ4n) is 4.39. The van der Waals surface area contributed by atoms with Crippen molar-refractivity contribution in [1.29, 1.82) is 0 Å². The molecule has 232 valence electrons. The lowest BCUT2D eigenvalue weighted by atomic mass is 10.2. The number of methoxy groups -OCH3 is 2. The van der Waals surface area contributed by atoms with Crippen LogP contribution < -0.4 is 29.9 Å². The van der Waals surface area contributed by atoms with Crippen molar-refractivity contribution in [1.82, 2.24) is 15.4 Å². The predicted octanol–water partition coefficient (Wildman–Crippen LogP) is 5.02. The molecule has 1 amide bonds. The van der Waals surface area contributed by atoms with Gasteiger partial charge in [-0.1, -0.05) is 48.0 Å². The number of anilines is 5. The Morgan fingerprint density at radius 1 is 0.822 bits per heavy atom. The molecule has 0 spiro atoms. The van der Waals surface area contributed by atoms with Gasteiger partial charge in [0.25, 0.3) is 0 Å². The van der Waals surface area contributed by atoms with Crippen LogP contribution >= 0.6 is 0 Å². The third kappa shape index (κ3) is 8.03. The second kappa shape index (κ2) is 14.5. The van der Waals surface area contributed by atoms with E-state index in [0.717, 1.165) is 15.4 Å². The zero-order valence-corrected chi connectivity index (χ0v) is 25.7. The standard InChI is InChI=1S/C32H32N6O6S/c1-21-11-13-22(14-12-21)20-44-33-19-30(39)34-23-7-6-8-25(15-23)38(45(40)41)32-31(36-28-9-4-5-10-29(28)37-32)35-24-16-26(42-2)18-27(17-24)43-3/h4-18,33,45H,19-20H2,1-3H3,(H,34,39)(H,35,36). The van der Waals surface area contributed by atoms with E-state index in [2.05, 4.69) is 21.1 Å². The average molecular weight is 629 g/mol. The number of nitrogens with zero attached hydrogens (tertiary/aromatic N) is 3. The Hall–Kier alpha value is -5.24. The van der Waals surface area contributed by atoms with Gasteiger partial charge in [0.15, 0.2) is 11.6 Å². The van der Waals surface area contributed by atoms with Crippen molar-refractivity contribution in [3.8, 4) is 11.5 Å². The van der Waals surface area contributed by atoms with Crippen molar-refractivity contribution in [3.05, 3.63) is 102 Å². The number of nitrogens with one attached hydrogen (secondary N) is 3. The van der Waals surface area contributed by atoms with Crippen LogP contribution in [0.4, 0.5) is 28.7 Å². The quantitative estimate of drug-likeness (QED) is 0.0797. The molecule has 0 aliphatic carbocycles. The lowest BCUT2D eigenvalue weighted by Gasteiger charge is -2.21. The Morgan fingerprint density at radius 2 is 1.51 bits per heavy atom. The molecule has 0 saturated carbocycles. The maximum absolute atomic E-state index is 12.8. The number of carbonyl (C=O) groups excluding carboxylic acids is 1. The Bertz CT molecular complexity index is 1850. The van der Waals surface area contributed by atoms with Gasteiger partial charge in [0, 0.05) is 29.6 Å². The molecule has 13 heteroatoms. The summed E-state index contributed by atoms with van der Waals surface area (Å²) in [5, 5.41) is 5.93. The number of thiol groups is 1. The molecule has 12 nitrogen and oxygen atoms in total. The summed E-state index contributed by atoms with van der Waals surface area (Å²) >= 11 is 0. The van der Waals surface area contributed by atoms with Gasteiger partial charge in [0.1, 0.15) is 18.0 Å². The zero-order chi connectivity index (χ0) is 31.8. The second-order valence-electron chi connectivity index (χ2n) is 9.85. The topological polar surface area (TPSA) is 144 Å². The number of hydrogen-bond donors (Lipinski definition) is 4. The average Bonchev–Trinajstić information content (AvgIpc) is 3.04. The number of hydroxylamine groups is 1. The molecule has 0 radical (unpaired) electrons. The lowest BCUT2D eigenvalue weighted by Crippen LogP contribution is -2.28. The molecule has 0 unspecified atom stereocenters. The van der Waals surface area contributed by atoms with Crippen molar-refractivity contribution in [2.45, 2.75) is 13.5 Å². The van der Waals surface area contributed by atoms with E-state index in [0.29, 0.717) is 40.5 Å². The number of rotatable bonds is 13. The number of ether oxygens (including phenoxy) is 2. The number of benzene rings is 4. The van der Waals surface area contributed by atoms with Crippen molar-refractivity contribution >= 4 is 56.5 Å². The molecule has 0 saturated heterocycles. The zero-order valence-electron chi connectivity index (χ0n) is 24.8. The highest BCUT2D eigenvalue weighted by Crippen LogP contribution is 2.35. The molecule has 1 aromatic heterocycles.